The van der Waals surface area contributed by atoms with Gasteiger partial charge < -0.3 is 45.9 Å². The molecule has 1 aliphatic heterocycles. The largest absolute Gasteiger partial charge is 0.379 e. The van der Waals surface area contributed by atoms with Crippen molar-refractivity contribution in [2.45, 2.75) is 116 Å². The molecule has 0 bridgehead atoms. The predicted octanol–water partition coefficient (Wildman–Crippen LogP) is 1.88. The summed E-state index contributed by atoms with van der Waals surface area (Å²) in [6.45, 7) is 15.1. The van der Waals surface area contributed by atoms with E-state index in [1.54, 1.807) is 39.6 Å². The zero-order chi connectivity index (χ0) is 43.1. The number of likely N-dealkylation sites (tertiary alicyclic amines) is 1. The molecule has 0 radical (unpaired) electrons. The molecule has 9 atom stereocenters. The van der Waals surface area contributed by atoms with Crippen LogP contribution in [-0.4, -0.2) is 141 Å². The molecule has 1 heterocycles. The zero-order valence-electron chi connectivity index (χ0n) is 36.0. The van der Waals surface area contributed by atoms with Gasteiger partial charge in [0.2, 0.25) is 35.4 Å². The van der Waals surface area contributed by atoms with E-state index >= 15 is 0 Å². The molecule has 320 valence electrons. The summed E-state index contributed by atoms with van der Waals surface area (Å²) in [5.41, 5.74) is 6.87. The Bertz CT molecular complexity index is 1520. The van der Waals surface area contributed by atoms with Gasteiger partial charge in [0.15, 0.2) is 0 Å². The van der Waals surface area contributed by atoms with Crippen molar-refractivity contribution in [3.8, 4) is 0 Å². The normalized spacial score (nSPS) is 18.3. The summed E-state index contributed by atoms with van der Waals surface area (Å²) in [6.07, 6.45) is 0.831. The maximum Gasteiger partial charge on any atom is 0.249 e. The Labute approximate surface area is 339 Å². The standard InChI is InChI=1S/C42H69N7O8/c1-13-27(6)37(48(10)42(55)35(25(2)3)46-41(54)36(26(4)5)47(9)34(51)24-43)32(56-11)23-33(50)49-21-17-20-31(49)38(57-12)28(7)39(52)45-30(40(53)44-8)22-29-18-15-14-16-19-29/h14-16,18-19,26-28,30-32,35-38H,2,13,17,20-24,43H2,1,3-12H3,(H,44,53)(H,45,52)(H,46,54)/t27-,28+,30-,31-,32+,35-,36-,37-,38+/m0/s1. The van der Waals surface area contributed by atoms with E-state index in [0.29, 0.717) is 37.8 Å². The van der Waals surface area contributed by atoms with E-state index in [9.17, 15) is 28.8 Å². The van der Waals surface area contributed by atoms with Gasteiger partial charge >= 0.3 is 0 Å². The summed E-state index contributed by atoms with van der Waals surface area (Å²) in [4.78, 5) is 85.6. The first-order valence-corrected chi connectivity index (χ1v) is 20.0. The van der Waals surface area contributed by atoms with Crippen LogP contribution in [0.4, 0.5) is 0 Å². The minimum absolute atomic E-state index is 0.0576. The van der Waals surface area contributed by atoms with Gasteiger partial charge in [-0.15, -0.1) is 0 Å². The van der Waals surface area contributed by atoms with Gasteiger partial charge in [0.05, 0.1) is 43.2 Å². The number of likely N-dealkylation sites (N-methyl/N-ethyl adjacent to an activating group) is 3. The third-order valence-corrected chi connectivity index (χ3v) is 11.3. The summed E-state index contributed by atoms with van der Waals surface area (Å²) in [7, 11) is 7.68. The topological polar surface area (TPSA) is 193 Å². The molecule has 5 N–H and O–H groups in total. The zero-order valence-corrected chi connectivity index (χ0v) is 36.0. The molecule has 0 saturated carbocycles. The fourth-order valence-corrected chi connectivity index (χ4v) is 7.89. The number of amides is 6. The Morgan fingerprint density at radius 2 is 1.58 bits per heavy atom. The maximum absolute atomic E-state index is 14.3. The van der Waals surface area contributed by atoms with Gasteiger partial charge in [-0.1, -0.05) is 78.0 Å². The Balaban J connectivity index is 2.31. The molecule has 0 unspecified atom stereocenters. The van der Waals surface area contributed by atoms with Gasteiger partial charge in [0.1, 0.15) is 18.1 Å². The van der Waals surface area contributed by atoms with Crippen LogP contribution in [0, 0.1) is 17.8 Å². The van der Waals surface area contributed by atoms with Crippen LogP contribution in [0.1, 0.15) is 72.8 Å². The lowest BCUT2D eigenvalue weighted by molar-refractivity contribution is -0.147. The van der Waals surface area contributed by atoms with E-state index in [1.807, 2.05) is 44.2 Å². The van der Waals surface area contributed by atoms with Crippen LogP contribution in [0.2, 0.25) is 0 Å². The number of hydrogen-bond donors (Lipinski definition) is 4. The average Bonchev–Trinajstić information content (AvgIpc) is 3.68. The second-order valence-electron chi connectivity index (χ2n) is 15.6. The summed E-state index contributed by atoms with van der Waals surface area (Å²) in [6, 6.07) is 5.63. The van der Waals surface area contributed by atoms with Crippen molar-refractivity contribution in [1.29, 1.82) is 0 Å². The summed E-state index contributed by atoms with van der Waals surface area (Å²) in [5.74, 6) is -3.36. The van der Waals surface area contributed by atoms with Crippen LogP contribution in [-0.2, 0) is 44.7 Å². The second-order valence-corrected chi connectivity index (χ2v) is 15.6. The first-order chi connectivity index (χ1) is 26.9. The van der Waals surface area contributed by atoms with Crippen molar-refractivity contribution < 1.29 is 38.2 Å². The highest BCUT2D eigenvalue weighted by atomic mass is 16.5. The number of nitrogens with one attached hydrogen (secondary N) is 3. The Kier molecular flexibility index (Phi) is 19.8. The first-order valence-electron chi connectivity index (χ1n) is 20.0. The smallest absolute Gasteiger partial charge is 0.249 e. The predicted molar refractivity (Wildman–Crippen MR) is 219 cm³/mol. The molecule has 1 aromatic rings. The van der Waals surface area contributed by atoms with Crippen molar-refractivity contribution in [3.63, 3.8) is 0 Å². The quantitative estimate of drug-likeness (QED) is 0.127. The van der Waals surface area contributed by atoms with Crippen LogP contribution in [0.15, 0.2) is 42.5 Å². The molecule has 1 saturated heterocycles. The number of nitrogens with zero attached hydrogens (tertiary/aromatic N) is 3. The molecule has 1 fully saturated rings. The molecular formula is C42H69N7O8. The number of ether oxygens (including phenoxy) is 2. The lowest BCUT2D eigenvalue weighted by atomic mass is 9.89. The number of methoxy groups -OCH3 is 2. The lowest BCUT2D eigenvalue weighted by Crippen LogP contribution is -2.59. The number of carbonyl (C=O) groups excluding carboxylic acids is 6. The SMILES string of the molecule is C=C(C)[C@H](NC(=O)[C@H](C(C)C)N(C)C(=O)CN)C(=O)N(C)[C@@H]([C@@H](C)CC)[C@@H](CC(=O)N1CCC[C@H]1[C@H](OC)[C@@H](C)C(=O)N[C@@H](Cc1ccccc1)C(=O)NC)OC. The molecule has 0 aliphatic carbocycles. The molecule has 1 aromatic carbocycles. The number of benzene rings is 1. The van der Waals surface area contributed by atoms with Crippen LogP contribution >= 0.6 is 0 Å². The van der Waals surface area contributed by atoms with E-state index in [-0.39, 0.29) is 42.5 Å². The highest BCUT2D eigenvalue weighted by Gasteiger charge is 2.43. The van der Waals surface area contributed by atoms with Gasteiger partial charge in [-0.25, -0.2) is 0 Å². The highest BCUT2D eigenvalue weighted by Crippen LogP contribution is 2.30. The fourth-order valence-electron chi connectivity index (χ4n) is 7.89. The molecule has 15 heteroatoms. The molecule has 0 aromatic heterocycles. The van der Waals surface area contributed by atoms with Crippen molar-refractivity contribution >= 4 is 35.4 Å². The van der Waals surface area contributed by atoms with Crippen LogP contribution in [0.5, 0.6) is 0 Å². The maximum atomic E-state index is 14.3. The number of rotatable bonds is 22. The van der Waals surface area contributed by atoms with Gasteiger partial charge in [0.25, 0.3) is 0 Å². The van der Waals surface area contributed by atoms with Crippen LogP contribution in [0.25, 0.3) is 0 Å². The summed E-state index contributed by atoms with van der Waals surface area (Å²) in [5, 5.41) is 8.36. The van der Waals surface area contributed by atoms with E-state index in [2.05, 4.69) is 22.5 Å². The number of hydrogen-bond acceptors (Lipinski definition) is 9. The molecular weight excluding hydrogens is 731 g/mol. The highest BCUT2D eigenvalue weighted by molar-refractivity contribution is 5.94. The van der Waals surface area contributed by atoms with E-state index in [0.717, 1.165) is 5.56 Å². The third kappa shape index (κ3) is 12.8. The van der Waals surface area contributed by atoms with E-state index in [1.165, 1.54) is 38.1 Å². The second kappa shape index (κ2) is 23.2. The summed E-state index contributed by atoms with van der Waals surface area (Å²) >= 11 is 0. The minimum Gasteiger partial charge on any atom is -0.379 e. The molecule has 57 heavy (non-hydrogen) atoms. The minimum atomic E-state index is -1.11. The third-order valence-electron chi connectivity index (χ3n) is 11.3. The van der Waals surface area contributed by atoms with Gasteiger partial charge in [0, 0.05) is 48.3 Å². The monoisotopic (exact) mass is 800 g/mol. The van der Waals surface area contributed by atoms with E-state index < -0.39 is 66.1 Å². The Morgan fingerprint density at radius 3 is 2.09 bits per heavy atom. The van der Waals surface area contributed by atoms with Crippen LogP contribution in [0.3, 0.4) is 0 Å². The Hall–Kier alpha value is -4.34. The molecule has 2 rings (SSSR count). The average molecular weight is 800 g/mol. The van der Waals surface area contributed by atoms with Crippen LogP contribution < -0.4 is 21.7 Å². The van der Waals surface area contributed by atoms with Crippen molar-refractivity contribution in [3.05, 3.63) is 48.0 Å². The van der Waals surface area contributed by atoms with Crippen molar-refractivity contribution in [2.24, 2.45) is 23.5 Å². The molecule has 6 amide bonds. The van der Waals surface area contributed by atoms with Crippen molar-refractivity contribution in [2.75, 3.05) is 48.5 Å². The first kappa shape index (κ1) is 48.8. The van der Waals surface area contributed by atoms with Gasteiger partial charge in [-0.2, -0.15) is 0 Å². The fraction of sp³-hybridized carbons (Fsp3) is 0.667. The summed E-state index contributed by atoms with van der Waals surface area (Å²) < 4.78 is 11.9. The molecule has 15 nitrogen and oxygen atoms in total. The number of nitrogens with two attached hydrogens (primary N) is 1. The lowest BCUT2D eigenvalue weighted by Gasteiger charge is -2.40. The Morgan fingerprint density at radius 1 is 0.947 bits per heavy atom. The number of carbonyl (C=O) groups is 6. The van der Waals surface area contributed by atoms with E-state index in [4.69, 9.17) is 15.2 Å². The van der Waals surface area contributed by atoms with Crippen molar-refractivity contribution in [1.82, 2.24) is 30.7 Å². The van der Waals surface area contributed by atoms with Gasteiger partial charge in [-0.05, 0) is 42.7 Å². The molecule has 1 aliphatic rings. The van der Waals surface area contributed by atoms with Gasteiger partial charge in [-0.3, -0.25) is 28.8 Å². The molecule has 0 spiro atoms.